The van der Waals surface area contributed by atoms with Crippen LogP contribution in [0.3, 0.4) is 0 Å². The smallest absolute Gasteiger partial charge is 0.325 e. The molecule has 1 aromatic carbocycles. The van der Waals surface area contributed by atoms with Crippen LogP contribution in [0.15, 0.2) is 30.3 Å². The van der Waals surface area contributed by atoms with E-state index in [9.17, 15) is 9.59 Å². The Hall–Kier alpha value is -2.08. The van der Waals surface area contributed by atoms with Crippen molar-refractivity contribution in [2.45, 2.75) is 13.8 Å². The van der Waals surface area contributed by atoms with Gasteiger partial charge in [0, 0.05) is 25.4 Å². The van der Waals surface area contributed by atoms with Crippen LogP contribution in [0, 0.1) is 0 Å². The molecule has 0 aliphatic heterocycles. The molecule has 0 radical (unpaired) electrons. The maximum absolute atomic E-state index is 12.5. The van der Waals surface area contributed by atoms with Crippen molar-refractivity contribution in [3.05, 3.63) is 30.3 Å². The van der Waals surface area contributed by atoms with Crippen LogP contribution in [0.2, 0.25) is 0 Å². The standard InChI is InChI=1S/C15H22N2O4/c1-3-16(10-11-21-4-2)15(20)17(12-14(18)19)13-8-6-5-7-9-13/h5-9H,3-4,10-12H2,1-2H3,(H,18,19). The maximum atomic E-state index is 12.5. The molecular weight excluding hydrogens is 272 g/mol. The number of carboxylic acid groups (broad SMARTS) is 1. The molecule has 1 N–H and O–H groups in total. The summed E-state index contributed by atoms with van der Waals surface area (Å²) in [7, 11) is 0. The minimum absolute atomic E-state index is 0.328. The molecule has 6 nitrogen and oxygen atoms in total. The van der Waals surface area contributed by atoms with Gasteiger partial charge in [0.25, 0.3) is 0 Å². The first kappa shape index (κ1) is 17.0. The molecule has 0 spiro atoms. The van der Waals surface area contributed by atoms with Crippen molar-refractivity contribution in [2.24, 2.45) is 0 Å². The molecule has 1 aromatic rings. The molecule has 0 aromatic heterocycles. The second-order valence-electron chi connectivity index (χ2n) is 4.37. The fraction of sp³-hybridized carbons (Fsp3) is 0.467. The average Bonchev–Trinajstić information content (AvgIpc) is 2.49. The highest BCUT2D eigenvalue weighted by molar-refractivity contribution is 5.96. The Labute approximate surface area is 124 Å². The van der Waals surface area contributed by atoms with Gasteiger partial charge in [-0.2, -0.15) is 0 Å². The van der Waals surface area contributed by atoms with E-state index in [0.717, 1.165) is 0 Å². The van der Waals surface area contributed by atoms with Gasteiger partial charge in [0.2, 0.25) is 0 Å². The number of amides is 2. The molecule has 21 heavy (non-hydrogen) atoms. The third-order valence-corrected chi connectivity index (χ3v) is 2.95. The fourth-order valence-electron chi connectivity index (χ4n) is 1.89. The molecular formula is C15H22N2O4. The number of aliphatic carboxylic acids is 1. The third-order valence-electron chi connectivity index (χ3n) is 2.95. The number of ether oxygens (including phenoxy) is 1. The van der Waals surface area contributed by atoms with Crippen molar-refractivity contribution in [3.63, 3.8) is 0 Å². The summed E-state index contributed by atoms with van der Waals surface area (Å²) >= 11 is 0. The van der Waals surface area contributed by atoms with Crippen molar-refractivity contribution >= 4 is 17.7 Å². The summed E-state index contributed by atoms with van der Waals surface area (Å²) < 4.78 is 5.25. The molecule has 0 heterocycles. The highest BCUT2D eigenvalue weighted by Crippen LogP contribution is 2.15. The van der Waals surface area contributed by atoms with Crippen LogP contribution in [0.4, 0.5) is 10.5 Å². The van der Waals surface area contributed by atoms with Crippen LogP contribution in [-0.4, -0.2) is 54.9 Å². The van der Waals surface area contributed by atoms with Crippen molar-refractivity contribution in [1.29, 1.82) is 0 Å². The molecule has 0 fully saturated rings. The summed E-state index contributed by atoms with van der Waals surface area (Å²) in [4.78, 5) is 26.4. The van der Waals surface area contributed by atoms with Crippen LogP contribution < -0.4 is 4.90 Å². The number of carbonyl (C=O) groups is 2. The molecule has 116 valence electrons. The number of para-hydroxylation sites is 1. The first-order chi connectivity index (χ1) is 10.1. The largest absolute Gasteiger partial charge is 0.480 e. The van der Waals surface area contributed by atoms with Gasteiger partial charge >= 0.3 is 12.0 Å². The Bertz CT molecular complexity index is 450. The van der Waals surface area contributed by atoms with Crippen molar-refractivity contribution in [2.75, 3.05) is 37.7 Å². The summed E-state index contributed by atoms with van der Waals surface area (Å²) in [5.41, 5.74) is 0.569. The number of likely N-dealkylation sites (N-methyl/N-ethyl adjacent to an activating group) is 1. The number of carboxylic acids is 1. The quantitative estimate of drug-likeness (QED) is 0.745. The number of benzene rings is 1. The van der Waals surface area contributed by atoms with Crippen LogP contribution in [0.1, 0.15) is 13.8 Å². The van der Waals surface area contributed by atoms with Crippen molar-refractivity contribution in [3.8, 4) is 0 Å². The predicted octanol–water partition coefficient (Wildman–Crippen LogP) is 2.06. The highest BCUT2D eigenvalue weighted by Gasteiger charge is 2.23. The number of hydrogen-bond donors (Lipinski definition) is 1. The SMILES string of the molecule is CCOCCN(CC)C(=O)N(CC(=O)O)c1ccccc1. The first-order valence-electron chi connectivity index (χ1n) is 7.01. The highest BCUT2D eigenvalue weighted by atomic mass is 16.5. The van der Waals surface area contributed by atoms with E-state index in [1.807, 2.05) is 19.9 Å². The molecule has 2 amide bonds. The van der Waals surface area contributed by atoms with Gasteiger partial charge in [-0.05, 0) is 26.0 Å². The van der Waals surface area contributed by atoms with Gasteiger partial charge in [-0.1, -0.05) is 18.2 Å². The zero-order chi connectivity index (χ0) is 15.7. The van der Waals surface area contributed by atoms with Crippen molar-refractivity contribution in [1.82, 2.24) is 4.90 Å². The second-order valence-corrected chi connectivity index (χ2v) is 4.37. The monoisotopic (exact) mass is 294 g/mol. The van der Waals surface area contributed by atoms with E-state index in [2.05, 4.69) is 0 Å². The van der Waals surface area contributed by atoms with E-state index >= 15 is 0 Å². The minimum atomic E-state index is -1.05. The van der Waals surface area contributed by atoms with E-state index in [0.29, 0.717) is 32.0 Å². The molecule has 0 atom stereocenters. The predicted molar refractivity (Wildman–Crippen MR) is 80.6 cm³/mol. The number of anilines is 1. The number of rotatable bonds is 8. The Morgan fingerprint density at radius 3 is 2.38 bits per heavy atom. The van der Waals surface area contributed by atoms with Gasteiger partial charge in [0.15, 0.2) is 0 Å². The number of nitrogens with zero attached hydrogens (tertiary/aromatic N) is 2. The van der Waals surface area contributed by atoms with E-state index in [1.165, 1.54) is 4.90 Å². The summed E-state index contributed by atoms with van der Waals surface area (Å²) in [5, 5.41) is 9.03. The molecule has 6 heteroatoms. The molecule has 0 bridgehead atoms. The van der Waals surface area contributed by atoms with Gasteiger partial charge in [0.1, 0.15) is 6.54 Å². The van der Waals surface area contributed by atoms with Crippen LogP contribution in [0.25, 0.3) is 0 Å². The summed E-state index contributed by atoms with van der Waals surface area (Å²) in [6.07, 6.45) is 0. The van der Waals surface area contributed by atoms with Gasteiger partial charge in [0.05, 0.1) is 6.61 Å². The zero-order valence-corrected chi connectivity index (χ0v) is 12.5. The molecule has 0 unspecified atom stereocenters. The number of hydrogen-bond acceptors (Lipinski definition) is 3. The van der Waals surface area contributed by atoms with E-state index in [-0.39, 0.29) is 12.6 Å². The van der Waals surface area contributed by atoms with E-state index in [4.69, 9.17) is 9.84 Å². The zero-order valence-electron chi connectivity index (χ0n) is 12.5. The minimum Gasteiger partial charge on any atom is -0.480 e. The average molecular weight is 294 g/mol. The Kier molecular flexibility index (Phi) is 7.25. The third kappa shape index (κ3) is 5.43. The maximum Gasteiger partial charge on any atom is 0.325 e. The van der Waals surface area contributed by atoms with E-state index in [1.54, 1.807) is 29.2 Å². The van der Waals surface area contributed by atoms with Crippen LogP contribution in [0.5, 0.6) is 0 Å². The summed E-state index contributed by atoms with van der Waals surface area (Å²) in [5.74, 6) is -1.05. The Balaban J connectivity index is 2.85. The number of urea groups is 1. The lowest BCUT2D eigenvalue weighted by atomic mass is 10.3. The molecule has 0 saturated carbocycles. The second kappa shape index (κ2) is 8.97. The fourth-order valence-corrected chi connectivity index (χ4v) is 1.89. The molecule has 0 aliphatic rings. The van der Waals surface area contributed by atoms with Gasteiger partial charge in [-0.15, -0.1) is 0 Å². The molecule has 0 aliphatic carbocycles. The van der Waals surface area contributed by atoms with Gasteiger partial charge < -0.3 is 14.7 Å². The lowest BCUT2D eigenvalue weighted by Gasteiger charge is -2.29. The topological polar surface area (TPSA) is 70.1 Å². The van der Waals surface area contributed by atoms with Crippen molar-refractivity contribution < 1.29 is 19.4 Å². The molecule has 0 saturated heterocycles. The normalized spacial score (nSPS) is 10.2. The number of carbonyl (C=O) groups excluding carboxylic acids is 1. The summed E-state index contributed by atoms with van der Waals surface area (Å²) in [6, 6.07) is 8.47. The molecule has 1 rings (SSSR count). The lowest BCUT2D eigenvalue weighted by molar-refractivity contribution is -0.135. The first-order valence-corrected chi connectivity index (χ1v) is 7.01. The van der Waals surface area contributed by atoms with Gasteiger partial charge in [-0.25, -0.2) is 4.79 Å². The Morgan fingerprint density at radius 1 is 1.19 bits per heavy atom. The van der Waals surface area contributed by atoms with Crippen LogP contribution >= 0.6 is 0 Å². The Morgan fingerprint density at radius 2 is 1.86 bits per heavy atom. The lowest BCUT2D eigenvalue weighted by Crippen LogP contribution is -2.46. The summed E-state index contributed by atoms with van der Waals surface area (Å²) in [6.45, 7) is 5.33. The van der Waals surface area contributed by atoms with Crippen LogP contribution in [-0.2, 0) is 9.53 Å². The van der Waals surface area contributed by atoms with Gasteiger partial charge in [-0.3, -0.25) is 9.69 Å². The van der Waals surface area contributed by atoms with E-state index < -0.39 is 5.97 Å².